The van der Waals surface area contributed by atoms with E-state index in [-0.39, 0.29) is 30.4 Å². The highest BCUT2D eigenvalue weighted by atomic mass is 127. The number of unbranched alkanes of at least 4 members (excludes halogenated alkanes) is 1. The van der Waals surface area contributed by atoms with E-state index in [4.69, 9.17) is 9.47 Å². The average Bonchev–Trinajstić information content (AvgIpc) is 2.63. The van der Waals surface area contributed by atoms with Crippen LogP contribution < -0.4 is 15.4 Å². The molecule has 0 heterocycles. The first-order chi connectivity index (χ1) is 13.4. The van der Waals surface area contributed by atoms with Crippen LogP contribution in [0.2, 0.25) is 0 Å². The zero-order chi connectivity index (χ0) is 20.8. The van der Waals surface area contributed by atoms with Gasteiger partial charge in [-0.05, 0) is 45.2 Å². The molecule has 0 aromatic heterocycles. The fraction of sp³-hybridized carbons (Fsp3) is 0.650. The van der Waals surface area contributed by atoms with Gasteiger partial charge in [0.1, 0.15) is 12.4 Å². The molecule has 5 nitrogen and oxygen atoms in total. The van der Waals surface area contributed by atoms with Crippen molar-refractivity contribution in [1.29, 1.82) is 0 Å². The maximum atomic E-state index is 12.2. The molecule has 29 heavy (non-hydrogen) atoms. The van der Waals surface area contributed by atoms with Crippen LogP contribution in [0, 0.1) is 6.92 Å². The molecule has 0 aliphatic rings. The molecule has 1 aromatic rings. The van der Waals surface area contributed by atoms with Crippen molar-refractivity contribution in [2.45, 2.75) is 52.8 Å². The van der Waals surface area contributed by atoms with Gasteiger partial charge >= 0.3 is 6.18 Å². The molecule has 9 heteroatoms. The minimum absolute atomic E-state index is 0. The third-order valence-electron chi connectivity index (χ3n) is 3.84. The summed E-state index contributed by atoms with van der Waals surface area (Å²) in [5.74, 6) is 1.35. The highest BCUT2D eigenvalue weighted by molar-refractivity contribution is 14.0. The van der Waals surface area contributed by atoms with E-state index in [1.165, 1.54) is 0 Å². The summed E-state index contributed by atoms with van der Waals surface area (Å²) in [6.07, 6.45) is -4.32. The Morgan fingerprint density at radius 2 is 1.86 bits per heavy atom. The quantitative estimate of drug-likeness (QED) is 0.176. The number of aryl methyl sites for hydroxylation is 1. The van der Waals surface area contributed by atoms with E-state index in [2.05, 4.69) is 15.6 Å². The molecule has 2 N–H and O–H groups in total. The number of halogens is 4. The number of nitrogens with one attached hydrogen (secondary N) is 2. The molecule has 0 amide bonds. The van der Waals surface area contributed by atoms with E-state index in [0.717, 1.165) is 16.9 Å². The minimum atomic E-state index is -4.09. The van der Waals surface area contributed by atoms with Crippen molar-refractivity contribution in [3.05, 3.63) is 29.3 Å². The van der Waals surface area contributed by atoms with E-state index in [9.17, 15) is 13.2 Å². The fourth-order valence-electron chi connectivity index (χ4n) is 2.44. The Balaban J connectivity index is 0.00000784. The maximum Gasteiger partial charge on any atom is 0.389 e. The van der Waals surface area contributed by atoms with Crippen molar-refractivity contribution in [1.82, 2.24) is 10.6 Å². The summed E-state index contributed by atoms with van der Waals surface area (Å²) in [4.78, 5) is 4.53. The summed E-state index contributed by atoms with van der Waals surface area (Å²) in [6, 6.07) is 5.94. The Kier molecular flexibility index (Phi) is 14.9. The average molecular weight is 531 g/mol. The van der Waals surface area contributed by atoms with E-state index < -0.39 is 12.6 Å². The molecule has 1 rings (SSSR count). The molecular weight excluding hydrogens is 498 g/mol. The van der Waals surface area contributed by atoms with Gasteiger partial charge in [0.2, 0.25) is 0 Å². The Morgan fingerprint density at radius 1 is 1.10 bits per heavy atom. The highest BCUT2D eigenvalue weighted by Crippen LogP contribution is 2.22. The second kappa shape index (κ2) is 15.6. The van der Waals surface area contributed by atoms with Gasteiger partial charge in [0.05, 0.1) is 13.2 Å². The number of hydrogen-bond donors (Lipinski definition) is 2. The van der Waals surface area contributed by atoms with Gasteiger partial charge in [-0.1, -0.05) is 12.1 Å². The number of rotatable bonds is 12. The second-order valence-corrected chi connectivity index (χ2v) is 6.35. The van der Waals surface area contributed by atoms with Gasteiger partial charge in [-0.3, -0.25) is 0 Å². The SMILES string of the molecule is CCNC(=NCc1ccc(C)cc1OCCOCC)NCCCCC(F)(F)F.I. The Labute approximate surface area is 188 Å². The van der Waals surface area contributed by atoms with Gasteiger partial charge in [-0.2, -0.15) is 13.2 Å². The zero-order valence-corrected chi connectivity index (χ0v) is 19.7. The van der Waals surface area contributed by atoms with Gasteiger partial charge in [0.25, 0.3) is 0 Å². The molecule has 0 atom stereocenters. The van der Waals surface area contributed by atoms with Crippen molar-refractivity contribution >= 4 is 29.9 Å². The normalized spacial score (nSPS) is 11.7. The first kappa shape index (κ1) is 27.8. The lowest BCUT2D eigenvalue weighted by atomic mass is 10.1. The van der Waals surface area contributed by atoms with Crippen LogP contribution in [-0.2, 0) is 11.3 Å². The van der Waals surface area contributed by atoms with Gasteiger partial charge < -0.3 is 20.1 Å². The Hall–Kier alpha value is -1.23. The number of hydrogen-bond acceptors (Lipinski definition) is 3. The fourth-order valence-corrected chi connectivity index (χ4v) is 2.44. The first-order valence-electron chi connectivity index (χ1n) is 9.74. The topological polar surface area (TPSA) is 54.9 Å². The Morgan fingerprint density at radius 3 is 2.52 bits per heavy atom. The van der Waals surface area contributed by atoms with E-state index in [1.54, 1.807) is 0 Å². The van der Waals surface area contributed by atoms with Gasteiger partial charge in [-0.25, -0.2) is 4.99 Å². The minimum Gasteiger partial charge on any atom is -0.491 e. The van der Waals surface area contributed by atoms with E-state index in [1.807, 2.05) is 39.0 Å². The largest absolute Gasteiger partial charge is 0.491 e. The lowest BCUT2D eigenvalue weighted by Gasteiger charge is -2.14. The predicted octanol–water partition coefficient (Wildman–Crippen LogP) is 4.82. The molecule has 0 radical (unpaired) electrons. The lowest BCUT2D eigenvalue weighted by molar-refractivity contribution is -0.135. The molecular formula is C20H33F3IN3O2. The molecule has 0 aliphatic carbocycles. The van der Waals surface area contributed by atoms with Crippen LogP contribution in [0.4, 0.5) is 13.2 Å². The number of aliphatic imine (C=N–C) groups is 1. The summed E-state index contributed by atoms with van der Waals surface area (Å²) in [5.41, 5.74) is 2.03. The van der Waals surface area contributed by atoms with Gasteiger partial charge in [-0.15, -0.1) is 24.0 Å². The molecule has 0 aliphatic heterocycles. The lowest BCUT2D eigenvalue weighted by Crippen LogP contribution is -2.37. The number of benzene rings is 1. The van der Waals surface area contributed by atoms with Crippen molar-refractivity contribution in [2.24, 2.45) is 4.99 Å². The third kappa shape index (κ3) is 13.6. The summed E-state index contributed by atoms with van der Waals surface area (Å²) in [5, 5.41) is 6.19. The van der Waals surface area contributed by atoms with Crippen molar-refractivity contribution in [3.8, 4) is 5.75 Å². The molecule has 0 saturated heterocycles. The van der Waals surface area contributed by atoms with Crippen LogP contribution in [0.5, 0.6) is 5.75 Å². The number of nitrogens with zero attached hydrogens (tertiary/aromatic N) is 1. The summed E-state index contributed by atoms with van der Waals surface area (Å²) in [7, 11) is 0. The highest BCUT2D eigenvalue weighted by Gasteiger charge is 2.25. The first-order valence-corrected chi connectivity index (χ1v) is 9.74. The zero-order valence-electron chi connectivity index (χ0n) is 17.4. The predicted molar refractivity (Wildman–Crippen MR) is 121 cm³/mol. The molecule has 0 spiro atoms. The van der Waals surface area contributed by atoms with Crippen LogP contribution in [0.3, 0.4) is 0 Å². The van der Waals surface area contributed by atoms with Crippen LogP contribution in [0.15, 0.2) is 23.2 Å². The number of guanidine groups is 1. The molecule has 168 valence electrons. The van der Waals surface area contributed by atoms with Crippen molar-refractivity contribution < 1.29 is 22.6 Å². The van der Waals surface area contributed by atoms with Crippen molar-refractivity contribution in [3.63, 3.8) is 0 Å². The summed E-state index contributed by atoms with van der Waals surface area (Å²) < 4.78 is 47.7. The number of ether oxygens (including phenoxy) is 2. The van der Waals surface area contributed by atoms with Gasteiger partial charge in [0, 0.05) is 31.7 Å². The van der Waals surface area contributed by atoms with Crippen LogP contribution in [-0.4, -0.2) is 45.0 Å². The second-order valence-electron chi connectivity index (χ2n) is 6.35. The Bertz CT molecular complexity index is 599. The molecule has 1 aromatic carbocycles. The molecule has 0 fully saturated rings. The monoisotopic (exact) mass is 531 g/mol. The third-order valence-corrected chi connectivity index (χ3v) is 3.84. The van der Waals surface area contributed by atoms with E-state index >= 15 is 0 Å². The van der Waals surface area contributed by atoms with Crippen LogP contribution in [0.1, 0.15) is 44.2 Å². The summed E-state index contributed by atoms with van der Waals surface area (Å²) in [6.45, 7) is 9.01. The standard InChI is InChI=1S/C20H32F3N3O2.HI/c1-4-24-19(25-11-7-6-10-20(21,22)23)26-15-17-9-8-16(3)14-18(17)28-13-12-27-5-2;/h8-9,14H,4-7,10-13,15H2,1-3H3,(H2,24,25,26);1H. The maximum absolute atomic E-state index is 12.2. The number of alkyl halides is 3. The molecule has 0 unspecified atom stereocenters. The smallest absolute Gasteiger partial charge is 0.389 e. The van der Waals surface area contributed by atoms with Crippen LogP contribution >= 0.6 is 24.0 Å². The van der Waals surface area contributed by atoms with Gasteiger partial charge in [0.15, 0.2) is 5.96 Å². The van der Waals surface area contributed by atoms with Crippen LogP contribution in [0.25, 0.3) is 0 Å². The van der Waals surface area contributed by atoms with Crippen molar-refractivity contribution in [2.75, 3.05) is 32.9 Å². The molecule has 0 saturated carbocycles. The van der Waals surface area contributed by atoms with E-state index in [0.29, 0.717) is 51.8 Å². The molecule has 0 bridgehead atoms. The summed E-state index contributed by atoms with van der Waals surface area (Å²) >= 11 is 0.